The third-order valence-electron chi connectivity index (χ3n) is 4.25. The molecule has 0 saturated heterocycles. The lowest BCUT2D eigenvalue weighted by Gasteiger charge is -2.17. The molecule has 0 saturated carbocycles. The van der Waals surface area contributed by atoms with Crippen LogP contribution in [-0.4, -0.2) is 22.9 Å². The smallest absolute Gasteiger partial charge is 0.278 e. The number of aromatic nitrogens is 2. The summed E-state index contributed by atoms with van der Waals surface area (Å²) in [5, 5.41) is 3.30. The maximum absolute atomic E-state index is 12.6. The summed E-state index contributed by atoms with van der Waals surface area (Å²) in [6.45, 7) is 6.19. The van der Waals surface area contributed by atoms with Crippen LogP contribution in [-0.2, 0) is 0 Å². The van der Waals surface area contributed by atoms with Crippen LogP contribution in [0.2, 0.25) is 0 Å². The van der Waals surface area contributed by atoms with E-state index in [4.69, 9.17) is 0 Å². The summed E-state index contributed by atoms with van der Waals surface area (Å²) in [7, 11) is 1.73. The van der Waals surface area contributed by atoms with Crippen LogP contribution in [0.5, 0.6) is 0 Å². The van der Waals surface area contributed by atoms with Gasteiger partial charge in [0.2, 0.25) is 0 Å². The number of aryl methyl sites for hydroxylation is 3. The molecule has 0 atom stereocenters. The van der Waals surface area contributed by atoms with Crippen molar-refractivity contribution in [2.75, 3.05) is 17.3 Å². The Kier molecular flexibility index (Phi) is 4.98. The largest absolute Gasteiger partial charge is 0.339 e. The fourth-order valence-electron chi connectivity index (χ4n) is 2.95. The van der Waals surface area contributed by atoms with Gasteiger partial charge in [-0.25, -0.2) is 9.97 Å². The predicted molar refractivity (Wildman–Crippen MR) is 105 cm³/mol. The molecule has 132 valence electrons. The van der Waals surface area contributed by atoms with Gasteiger partial charge < -0.3 is 10.2 Å². The minimum atomic E-state index is -0.196. The summed E-state index contributed by atoms with van der Waals surface area (Å²) in [5.74, 6) is 0.414. The molecule has 2 aromatic carbocycles. The molecule has 1 heterocycles. The van der Waals surface area contributed by atoms with Gasteiger partial charge in [0.15, 0.2) is 0 Å². The Morgan fingerprint density at radius 3 is 2.19 bits per heavy atom. The zero-order chi connectivity index (χ0) is 18.7. The maximum Gasteiger partial charge on any atom is 0.278 e. The fraction of sp³-hybridized carbons (Fsp3) is 0.190. The number of anilines is 3. The van der Waals surface area contributed by atoms with Crippen LogP contribution in [0.25, 0.3) is 0 Å². The number of benzene rings is 2. The van der Waals surface area contributed by atoms with Gasteiger partial charge in [-0.1, -0.05) is 35.9 Å². The maximum atomic E-state index is 12.6. The molecule has 1 aromatic heterocycles. The molecule has 0 fully saturated rings. The molecule has 1 amide bonds. The summed E-state index contributed by atoms with van der Waals surface area (Å²) >= 11 is 0. The van der Waals surface area contributed by atoms with Crippen molar-refractivity contribution in [2.45, 2.75) is 20.8 Å². The number of para-hydroxylation sites is 1. The van der Waals surface area contributed by atoms with Gasteiger partial charge in [0, 0.05) is 18.4 Å². The summed E-state index contributed by atoms with van der Waals surface area (Å²) in [5.41, 5.74) is 5.65. The molecule has 0 aliphatic carbocycles. The molecule has 1 N–H and O–H groups in total. The lowest BCUT2D eigenvalue weighted by molar-refractivity contribution is 0.0988. The minimum Gasteiger partial charge on any atom is -0.339 e. The van der Waals surface area contributed by atoms with Crippen molar-refractivity contribution in [3.05, 3.63) is 77.2 Å². The van der Waals surface area contributed by atoms with E-state index >= 15 is 0 Å². The second-order valence-corrected chi connectivity index (χ2v) is 6.39. The third kappa shape index (κ3) is 3.72. The van der Waals surface area contributed by atoms with E-state index < -0.39 is 0 Å². The fourth-order valence-corrected chi connectivity index (χ4v) is 2.95. The molecule has 0 aliphatic heterocycles. The molecule has 0 bridgehead atoms. The first kappa shape index (κ1) is 17.6. The second kappa shape index (κ2) is 7.35. The molecule has 0 spiro atoms. The van der Waals surface area contributed by atoms with Crippen LogP contribution in [0.3, 0.4) is 0 Å². The Bertz CT molecular complexity index is 897. The molecule has 3 aromatic rings. The number of hydrogen-bond acceptors (Lipinski definition) is 4. The molecule has 26 heavy (non-hydrogen) atoms. The monoisotopic (exact) mass is 346 g/mol. The van der Waals surface area contributed by atoms with E-state index in [1.807, 2.05) is 30.3 Å². The summed E-state index contributed by atoms with van der Waals surface area (Å²) < 4.78 is 0. The van der Waals surface area contributed by atoms with Crippen LogP contribution in [0.1, 0.15) is 27.2 Å². The highest BCUT2D eigenvalue weighted by Gasteiger charge is 2.15. The Balaban J connectivity index is 1.78. The van der Waals surface area contributed by atoms with Crippen LogP contribution < -0.4 is 10.2 Å². The van der Waals surface area contributed by atoms with Gasteiger partial charge in [0.05, 0.1) is 12.4 Å². The summed E-state index contributed by atoms with van der Waals surface area (Å²) in [4.78, 5) is 22.8. The third-order valence-corrected chi connectivity index (χ3v) is 4.25. The number of rotatable bonds is 4. The zero-order valence-electron chi connectivity index (χ0n) is 15.4. The van der Waals surface area contributed by atoms with Crippen molar-refractivity contribution >= 4 is 23.1 Å². The molecule has 0 radical (unpaired) electrons. The first-order chi connectivity index (χ1) is 12.5. The first-order valence-corrected chi connectivity index (χ1v) is 8.45. The van der Waals surface area contributed by atoms with Crippen LogP contribution in [0.15, 0.2) is 54.9 Å². The van der Waals surface area contributed by atoms with E-state index in [2.05, 4.69) is 48.2 Å². The van der Waals surface area contributed by atoms with Crippen molar-refractivity contribution in [3.8, 4) is 0 Å². The second-order valence-electron chi connectivity index (χ2n) is 6.39. The average Bonchev–Trinajstić information content (AvgIpc) is 2.64. The highest BCUT2D eigenvalue weighted by molar-refractivity contribution is 6.04. The van der Waals surface area contributed by atoms with Gasteiger partial charge >= 0.3 is 0 Å². The van der Waals surface area contributed by atoms with Crippen molar-refractivity contribution in [3.63, 3.8) is 0 Å². The lowest BCUT2D eigenvalue weighted by atomic mass is 10.1. The number of nitrogens with zero attached hydrogens (tertiary/aromatic N) is 3. The first-order valence-electron chi connectivity index (χ1n) is 8.45. The van der Waals surface area contributed by atoms with Crippen molar-refractivity contribution < 1.29 is 4.79 Å². The van der Waals surface area contributed by atoms with E-state index in [1.165, 1.54) is 11.8 Å². The molecule has 5 heteroatoms. The number of hydrogen-bond donors (Lipinski definition) is 1. The number of nitrogens with one attached hydrogen (secondary N) is 1. The van der Waals surface area contributed by atoms with Crippen LogP contribution >= 0.6 is 0 Å². The standard InChI is InChI=1S/C21H22N4O/c1-14-10-15(2)20(16(3)11-14)24-19-13-22-18(12-23-19)21(26)25(4)17-8-6-5-7-9-17/h5-13H,1-4H3,(H,23,24). The van der Waals surface area contributed by atoms with E-state index in [1.54, 1.807) is 18.1 Å². The Hall–Kier alpha value is -3.21. The van der Waals surface area contributed by atoms with E-state index in [-0.39, 0.29) is 5.91 Å². The molecule has 0 unspecified atom stereocenters. The van der Waals surface area contributed by atoms with E-state index in [0.717, 1.165) is 22.5 Å². The van der Waals surface area contributed by atoms with Gasteiger partial charge in [0.1, 0.15) is 11.5 Å². The quantitative estimate of drug-likeness (QED) is 0.759. The van der Waals surface area contributed by atoms with Gasteiger partial charge in [-0.3, -0.25) is 4.79 Å². The van der Waals surface area contributed by atoms with Crippen molar-refractivity contribution in [1.82, 2.24) is 9.97 Å². The van der Waals surface area contributed by atoms with Gasteiger partial charge in [-0.15, -0.1) is 0 Å². The predicted octanol–water partition coefficient (Wildman–Crippen LogP) is 4.42. The molecule has 0 aliphatic rings. The van der Waals surface area contributed by atoms with Gasteiger partial charge in [-0.2, -0.15) is 0 Å². The number of carbonyl (C=O) groups excluding carboxylic acids is 1. The zero-order valence-corrected chi connectivity index (χ0v) is 15.4. The van der Waals surface area contributed by atoms with Crippen molar-refractivity contribution in [2.24, 2.45) is 0 Å². The average molecular weight is 346 g/mol. The molecule has 3 rings (SSSR count). The Labute approximate surface area is 153 Å². The highest BCUT2D eigenvalue weighted by Crippen LogP contribution is 2.25. The number of carbonyl (C=O) groups is 1. The SMILES string of the molecule is Cc1cc(C)c(Nc2cnc(C(=O)N(C)c3ccccc3)cn2)c(C)c1. The summed E-state index contributed by atoms with van der Waals surface area (Å²) in [6, 6.07) is 13.7. The van der Waals surface area contributed by atoms with Crippen LogP contribution in [0, 0.1) is 20.8 Å². The van der Waals surface area contributed by atoms with Crippen LogP contribution in [0.4, 0.5) is 17.2 Å². The van der Waals surface area contributed by atoms with E-state index in [9.17, 15) is 4.79 Å². The Morgan fingerprint density at radius 2 is 1.62 bits per heavy atom. The molecule has 5 nitrogen and oxygen atoms in total. The summed E-state index contributed by atoms with van der Waals surface area (Å²) in [6.07, 6.45) is 3.09. The topological polar surface area (TPSA) is 58.1 Å². The normalized spacial score (nSPS) is 10.5. The van der Waals surface area contributed by atoms with E-state index in [0.29, 0.717) is 11.5 Å². The van der Waals surface area contributed by atoms with Gasteiger partial charge in [-0.05, 0) is 44.0 Å². The highest BCUT2D eigenvalue weighted by atomic mass is 16.2. The van der Waals surface area contributed by atoms with Gasteiger partial charge in [0.25, 0.3) is 5.91 Å². The minimum absolute atomic E-state index is 0.196. The lowest BCUT2D eigenvalue weighted by Crippen LogP contribution is -2.27. The molecular weight excluding hydrogens is 324 g/mol. The Morgan fingerprint density at radius 1 is 0.962 bits per heavy atom. The molecular formula is C21H22N4O. The van der Waals surface area contributed by atoms with Crippen molar-refractivity contribution in [1.29, 1.82) is 0 Å². The number of amides is 1.